The number of carbonyl (C=O) groups is 1. The Kier molecular flexibility index (Phi) is 5.90. The van der Waals surface area contributed by atoms with Crippen LogP contribution in [0.4, 0.5) is 10.1 Å². The Morgan fingerprint density at radius 3 is 2.48 bits per heavy atom. The van der Waals surface area contributed by atoms with Crippen LogP contribution in [-0.4, -0.2) is 20.9 Å². The van der Waals surface area contributed by atoms with E-state index in [0.717, 1.165) is 34.0 Å². The predicted molar refractivity (Wildman–Crippen MR) is 129 cm³/mol. The third kappa shape index (κ3) is 4.65. The maximum absolute atomic E-state index is 13.1. The molecule has 0 radical (unpaired) electrons. The number of anilines is 1. The van der Waals surface area contributed by atoms with Gasteiger partial charge in [0.2, 0.25) is 0 Å². The van der Waals surface area contributed by atoms with E-state index < -0.39 is 0 Å². The monoisotopic (exact) mass is 442 g/mol. The van der Waals surface area contributed by atoms with E-state index in [1.165, 1.54) is 56.4 Å². The number of hydrogen-bond donors (Lipinski definition) is 2. The largest absolute Gasteiger partial charge is 0.337 e. The molecular weight excluding hydrogens is 415 g/mol. The molecule has 33 heavy (non-hydrogen) atoms. The van der Waals surface area contributed by atoms with Gasteiger partial charge in [-0.3, -0.25) is 9.78 Å². The lowest BCUT2D eigenvalue weighted by molar-refractivity contribution is 0.102. The van der Waals surface area contributed by atoms with Crippen molar-refractivity contribution in [1.29, 1.82) is 0 Å². The van der Waals surface area contributed by atoms with Crippen LogP contribution in [0.1, 0.15) is 61.0 Å². The molecule has 6 heteroatoms. The molecular formula is C27H27FN4O. The van der Waals surface area contributed by atoms with Gasteiger partial charge in [0.1, 0.15) is 11.6 Å². The van der Waals surface area contributed by atoms with Crippen LogP contribution in [0.5, 0.6) is 0 Å². The minimum atomic E-state index is -0.368. The minimum absolute atomic E-state index is 0.280. The van der Waals surface area contributed by atoms with Crippen LogP contribution in [0.15, 0.2) is 60.8 Å². The number of fused-ring (bicyclic) bond motifs is 1. The Hall–Kier alpha value is -3.54. The van der Waals surface area contributed by atoms with Gasteiger partial charge in [-0.2, -0.15) is 0 Å². The van der Waals surface area contributed by atoms with Crippen LogP contribution in [0.2, 0.25) is 0 Å². The second-order valence-corrected chi connectivity index (χ2v) is 8.88. The first-order valence-electron chi connectivity index (χ1n) is 11.6. The van der Waals surface area contributed by atoms with Crippen LogP contribution in [0, 0.1) is 11.7 Å². The average molecular weight is 443 g/mol. The molecule has 0 atom stereocenters. The summed E-state index contributed by atoms with van der Waals surface area (Å²) in [4.78, 5) is 25.2. The second-order valence-electron chi connectivity index (χ2n) is 8.88. The number of aromatic amines is 1. The Morgan fingerprint density at radius 2 is 1.79 bits per heavy atom. The summed E-state index contributed by atoms with van der Waals surface area (Å²) < 4.78 is 13.1. The zero-order valence-corrected chi connectivity index (χ0v) is 18.6. The van der Waals surface area contributed by atoms with Crippen molar-refractivity contribution in [3.63, 3.8) is 0 Å². The van der Waals surface area contributed by atoms with Crippen molar-refractivity contribution in [2.75, 3.05) is 5.32 Å². The summed E-state index contributed by atoms with van der Waals surface area (Å²) in [7, 11) is 0. The number of nitrogens with one attached hydrogen (secondary N) is 2. The summed E-state index contributed by atoms with van der Waals surface area (Å²) in [5, 5.41) is 2.83. The molecule has 2 aromatic heterocycles. The molecule has 2 N–H and O–H groups in total. The molecule has 0 bridgehead atoms. The SMILES string of the molecule is CCC1CCC(c2cc3nc(-c4ccc(NC(=O)c5ccc(F)cc5)cc4)[nH]c3cn2)CC1. The molecule has 5 rings (SSSR count). The van der Waals surface area contributed by atoms with Gasteiger partial charge < -0.3 is 10.3 Å². The summed E-state index contributed by atoms with van der Waals surface area (Å²) in [6.07, 6.45) is 8.16. The number of aromatic nitrogens is 3. The summed E-state index contributed by atoms with van der Waals surface area (Å²) >= 11 is 0. The quantitative estimate of drug-likeness (QED) is 0.361. The van der Waals surface area contributed by atoms with E-state index in [9.17, 15) is 9.18 Å². The van der Waals surface area contributed by atoms with Gasteiger partial charge in [0.05, 0.1) is 17.2 Å². The van der Waals surface area contributed by atoms with Gasteiger partial charge in [0.25, 0.3) is 5.91 Å². The Balaban J connectivity index is 1.30. The Bertz CT molecular complexity index is 1260. The molecule has 1 fully saturated rings. The standard InChI is InChI=1S/C27H27FN4O/c1-2-17-3-5-18(6-4-17)23-15-24-25(16-29-23)32-26(31-24)19-9-13-22(14-10-19)30-27(33)20-7-11-21(28)12-8-20/h7-18H,2-6H2,1H3,(H,30,33)(H,31,32). The maximum Gasteiger partial charge on any atom is 0.255 e. The molecule has 0 unspecified atom stereocenters. The first kappa shape index (κ1) is 21.3. The van der Waals surface area contributed by atoms with Crippen molar-refractivity contribution < 1.29 is 9.18 Å². The molecule has 2 heterocycles. The minimum Gasteiger partial charge on any atom is -0.337 e. The molecule has 0 spiro atoms. The maximum atomic E-state index is 13.1. The second kappa shape index (κ2) is 9.14. The topological polar surface area (TPSA) is 70.7 Å². The van der Waals surface area contributed by atoms with Crippen molar-refractivity contribution >= 4 is 22.6 Å². The van der Waals surface area contributed by atoms with Crippen molar-refractivity contribution in [2.24, 2.45) is 5.92 Å². The van der Waals surface area contributed by atoms with Crippen LogP contribution in [0.25, 0.3) is 22.4 Å². The number of halogens is 1. The smallest absolute Gasteiger partial charge is 0.255 e. The number of hydrogen-bond acceptors (Lipinski definition) is 3. The highest BCUT2D eigenvalue weighted by molar-refractivity contribution is 6.04. The fourth-order valence-corrected chi connectivity index (χ4v) is 4.67. The molecule has 1 saturated carbocycles. The van der Waals surface area contributed by atoms with E-state index in [4.69, 9.17) is 9.97 Å². The van der Waals surface area contributed by atoms with E-state index in [0.29, 0.717) is 17.2 Å². The van der Waals surface area contributed by atoms with Crippen LogP contribution >= 0.6 is 0 Å². The number of nitrogens with zero attached hydrogens (tertiary/aromatic N) is 2. The summed E-state index contributed by atoms with van der Waals surface area (Å²) in [6, 6.07) is 15.1. The van der Waals surface area contributed by atoms with Crippen LogP contribution in [-0.2, 0) is 0 Å². The summed E-state index contributed by atoms with van der Waals surface area (Å²) in [5.74, 6) is 1.52. The number of carbonyl (C=O) groups excluding carboxylic acids is 1. The highest BCUT2D eigenvalue weighted by atomic mass is 19.1. The van der Waals surface area contributed by atoms with Gasteiger partial charge in [-0.1, -0.05) is 13.3 Å². The zero-order valence-electron chi connectivity index (χ0n) is 18.6. The number of amides is 1. The number of rotatable bonds is 5. The lowest BCUT2D eigenvalue weighted by Gasteiger charge is -2.27. The zero-order chi connectivity index (χ0) is 22.8. The molecule has 0 saturated heterocycles. The highest BCUT2D eigenvalue weighted by Crippen LogP contribution is 2.36. The van der Waals surface area contributed by atoms with E-state index >= 15 is 0 Å². The van der Waals surface area contributed by atoms with E-state index in [2.05, 4.69) is 23.3 Å². The lowest BCUT2D eigenvalue weighted by Crippen LogP contribution is -2.13. The number of pyridine rings is 1. The average Bonchev–Trinajstić information content (AvgIpc) is 3.28. The van der Waals surface area contributed by atoms with Gasteiger partial charge in [-0.05, 0) is 86.2 Å². The molecule has 168 valence electrons. The molecule has 1 aliphatic rings. The molecule has 5 nitrogen and oxygen atoms in total. The van der Waals surface area contributed by atoms with E-state index in [-0.39, 0.29) is 11.7 Å². The Morgan fingerprint density at radius 1 is 1.06 bits per heavy atom. The van der Waals surface area contributed by atoms with Gasteiger partial charge in [-0.15, -0.1) is 0 Å². The van der Waals surface area contributed by atoms with E-state index in [1.54, 1.807) is 0 Å². The number of H-pyrrole nitrogens is 1. The van der Waals surface area contributed by atoms with Crippen LogP contribution in [0.3, 0.4) is 0 Å². The molecule has 0 aliphatic heterocycles. The van der Waals surface area contributed by atoms with Gasteiger partial charge >= 0.3 is 0 Å². The molecule has 4 aromatic rings. The first-order chi connectivity index (χ1) is 16.1. The molecule has 1 amide bonds. The van der Waals surface area contributed by atoms with E-state index in [1.807, 2.05) is 30.5 Å². The van der Waals surface area contributed by atoms with Gasteiger partial charge in [0.15, 0.2) is 0 Å². The number of imidazole rings is 1. The summed E-state index contributed by atoms with van der Waals surface area (Å²) in [5.41, 5.74) is 5.00. The van der Waals surface area contributed by atoms with Crippen molar-refractivity contribution in [2.45, 2.75) is 44.9 Å². The highest BCUT2D eigenvalue weighted by Gasteiger charge is 2.22. The number of benzene rings is 2. The van der Waals surface area contributed by atoms with Crippen molar-refractivity contribution in [3.05, 3.63) is 77.9 Å². The van der Waals surface area contributed by atoms with Gasteiger partial charge in [0, 0.05) is 28.4 Å². The fourth-order valence-electron chi connectivity index (χ4n) is 4.67. The van der Waals surface area contributed by atoms with Crippen molar-refractivity contribution in [1.82, 2.24) is 15.0 Å². The first-order valence-corrected chi connectivity index (χ1v) is 11.6. The Labute approximate surface area is 192 Å². The fraction of sp³-hybridized carbons (Fsp3) is 0.296. The van der Waals surface area contributed by atoms with Gasteiger partial charge in [-0.25, -0.2) is 9.37 Å². The predicted octanol–water partition coefficient (Wildman–Crippen LogP) is 6.70. The third-order valence-corrected chi connectivity index (χ3v) is 6.75. The third-order valence-electron chi connectivity index (χ3n) is 6.75. The van der Waals surface area contributed by atoms with Crippen molar-refractivity contribution in [3.8, 4) is 11.4 Å². The van der Waals surface area contributed by atoms with Crippen LogP contribution < -0.4 is 5.32 Å². The summed E-state index contributed by atoms with van der Waals surface area (Å²) in [6.45, 7) is 2.28. The normalized spacial score (nSPS) is 18.4. The lowest BCUT2D eigenvalue weighted by atomic mass is 9.79. The molecule has 1 aliphatic carbocycles. The molecule has 2 aromatic carbocycles.